The summed E-state index contributed by atoms with van der Waals surface area (Å²) in [6.07, 6.45) is 1.74. The summed E-state index contributed by atoms with van der Waals surface area (Å²) in [6, 6.07) is 3.74. The van der Waals surface area contributed by atoms with E-state index in [2.05, 4.69) is 20.9 Å². The molecule has 0 aliphatic carbocycles. The van der Waals surface area contributed by atoms with Gasteiger partial charge in [-0.3, -0.25) is 4.98 Å². The van der Waals surface area contributed by atoms with Crippen LogP contribution in [0.1, 0.15) is 26.5 Å². The van der Waals surface area contributed by atoms with Gasteiger partial charge in [-0.1, -0.05) is 0 Å². The van der Waals surface area contributed by atoms with Crippen LogP contribution in [0.4, 0.5) is 4.79 Å². The summed E-state index contributed by atoms with van der Waals surface area (Å²) >= 11 is 3.32. The highest BCUT2D eigenvalue weighted by atomic mass is 79.9. The first-order valence-corrected chi connectivity index (χ1v) is 7.27. The van der Waals surface area contributed by atoms with E-state index in [0.717, 1.165) is 10.2 Å². The molecule has 1 saturated heterocycles. The number of rotatable bonds is 2. The van der Waals surface area contributed by atoms with Crippen LogP contribution < -0.4 is 0 Å². The van der Waals surface area contributed by atoms with Gasteiger partial charge in [-0.05, 0) is 48.8 Å². The van der Waals surface area contributed by atoms with Crippen molar-refractivity contribution in [3.05, 3.63) is 28.5 Å². The molecule has 1 aliphatic rings. The Morgan fingerprint density at radius 2 is 2.15 bits per heavy atom. The predicted molar refractivity (Wildman–Crippen MR) is 78.4 cm³/mol. The van der Waals surface area contributed by atoms with Gasteiger partial charge in [0.05, 0.1) is 13.1 Å². The van der Waals surface area contributed by atoms with Crippen molar-refractivity contribution in [3.63, 3.8) is 0 Å². The highest BCUT2D eigenvalue weighted by Crippen LogP contribution is 2.26. The van der Waals surface area contributed by atoms with Crippen molar-refractivity contribution in [1.29, 1.82) is 0 Å². The van der Waals surface area contributed by atoms with Crippen LogP contribution in [0.2, 0.25) is 0 Å². The molecule has 0 bridgehead atoms. The minimum absolute atomic E-state index is 0.277. The lowest BCUT2D eigenvalue weighted by Crippen LogP contribution is -2.65. The molecule has 1 amide bonds. The Kier molecular flexibility index (Phi) is 4.07. The summed E-state index contributed by atoms with van der Waals surface area (Å²) in [5, 5.41) is 10.3. The zero-order valence-corrected chi connectivity index (χ0v) is 13.5. The van der Waals surface area contributed by atoms with Crippen molar-refractivity contribution in [2.24, 2.45) is 0 Å². The number of hydrogen-bond donors (Lipinski definition) is 1. The van der Waals surface area contributed by atoms with Gasteiger partial charge in [0, 0.05) is 22.8 Å². The molecule has 20 heavy (non-hydrogen) atoms. The molecule has 1 aliphatic heterocycles. The molecular formula is C14H19BrN2O3. The Labute approximate surface area is 127 Å². The summed E-state index contributed by atoms with van der Waals surface area (Å²) in [5.41, 5.74) is -0.616. The molecule has 110 valence electrons. The van der Waals surface area contributed by atoms with Crippen LogP contribution in [0.25, 0.3) is 0 Å². The fourth-order valence-corrected chi connectivity index (χ4v) is 2.31. The van der Waals surface area contributed by atoms with Gasteiger partial charge in [0.25, 0.3) is 0 Å². The van der Waals surface area contributed by atoms with Crippen molar-refractivity contribution in [2.75, 3.05) is 13.1 Å². The van der Waals surface area contributed by atoms with E-state index < -0.39 is 11.2 Å². The number of nitrogens with zero attached hydrogens (tertiary/aromatic N) is 2. The molecule has 1 N–H and O–H groups in total. The van der Waals surface area contributed by atoms with E-state index in [1.54, 1.807) is 6.20 Å². The van der Waals surface area contributed by atoms with Crippen LogP contribution in [0.3, 0.4) is 0 Å². The first-order valence-electron chi connectivity index (χ1n) is 6.48. The maximum Gasteiger partial charge on any atom is 0.410 e. The number of hydrogen-bond acceptors (Lipinski definition) is 4. The fourth-order valence-electron chi connectivity index (χ4n) is 2.08. The number of pyridine rings is 1. The molecule has 1 aromatic rings. The molecule has 0 atom stereocenters. The molecule has 0 radical (unpaired) electrons. The van der Waals surface area contributed by atoms with Crippen LogP contribution in [-0.2, 0) is 11.2 Å². The van der Waals surface area contributed by atoms with Gasteiger partial charge >= 0.3 is 6.09 Å². The summed E-state index contributed by atoms with van der Waals surface area (Å²) in [4.78, 5) is 17.5. The van der Waals surface area contributed by atoms with Crippen molar-refractivity contribution < 1.29 is 14.6 Å². The molecule has 5 nitrogen and oxygen atoms in total. The van der Waals surface area contributed by atoms with Gasteiger partial charge in [-0.2, -0.15) is 0 Å². The Morgan fingerprint density at radius 1 is 1.50 bits per heavy atom. The second-order valence-electron chi connectivity index (χ2n) is 6.21. The number of aromatic nitrogens is 1. The monoisotopic (exact) mass is 342 g/mol. The lowest BCUT2D eigenvalue weighted by molar-refractivity contribution is -0.0978. The molecule has 6 heteroatoms. The minimum Gasteiger partial charge on any atom is -0.444 e. The molecule has 0 saturated carbocycles. The maximum atomic E-state index is 11.8. The van der Waals surface area contributed by atoms with E-state index in [1.807, 2.05) is 32.9 Å². The fraction of sp³-hybridized carbons (Fsp3) is 0.571. The topological polar surface area (TPSA) is 62.7 Å². The number of ether oxygens (including phenoxy) is 1. The van der Waals surface area contributed by atoms with Crippen LogP contribution in [0.5, 0.6) is 0 Å². The van der Waals surface area contributed by atoms with E-state index in [-0.39, 0.29) is 19.2 Å². The smallest absolute Gasteiger partial charge is 0.410 e. The van der Waals surface area contributed by atoms with Gasteiger partial charge in [0.15, 0.2) is 0 Å². The summed E-state index contributed by atoms with van der Waals surface area (Å²) in [6.45, 7) is 6.02. The number of amides is 1. The molecular weight excluding hydrogens is 324 g/mol. The molecule has 2 heterocycles. The zero-order chi connectivity index (χ0) is 15.0. The first-order chi connectivity index (χ1) is 9.17. The molecule has 1 fully saturated rings. The van der Waals surface area contributed by atoms with Crippen molar-refractivity contribution in [3.8, 4) is 0 Å². The number of carbonyl (C=O) groups is 1. The average molecular weight is 343 g/mol. The van der Waals surface area contributed by atoms with Gasteiger partial charge < -0.3 is 14.7 Å². The van der Waals surface area contributed by atoms with Gasteiger partial charge in [0.2, 0.25) is 0 Å². The Bertz CT molecular complexity index is 490. The second kappa shape index (κ2) is 5.33. The predicted octanol–water partition coefficient (Wildman–Crippen LogP) is 2.37. The van der Waals surface area contributed by atoms with Crippen molar-refractivity contribution >= 4 is 22.0 Å². The summed E-state index contributed by atoms with van der Waals surface area (Å²) < 4.78 is 6.16. The van der Waals surface area contributed by atoms with E-state index in [0.29, 0.717) is 6.42 Å². The SMILES string of the molecule is CC(C)(C)OC(=O)N1CC(O)(Cc2ccc(Br)cn2)C1. The Morgan fingerprint density at radius 3 is 2.65 bits per heavy atom. The summed E-state index contributed by atoms with van der Waals surface area (Å²) in [7, 11) is 0. The van der Waals surface area contributed by atoms with Gasteiger partial charge in [-0.15, -0.1) is 0 Å². The van der Waals surface area contributed by atoms with E-state index in [4.69, 9.17) is 4.74 Å². The van der Waals surface area contributed by atoms with E-state index in [9.17, 15) is 9.90 Å². The quantitative estimate of drug-likeness (QED) is 0.896. The summed E-state index contributed by atoms with van der Waals surface area (Å²) in [5.74, 6) is 0. The number of carbonyl (C=O) groups excluding carboxylic acids is 1. The van der Waals surface area contributed by atoms with Gasteiger partial charge in [0.1, 0.15) is 11.2 Å². The Balaban J connectivity index is 1.87. The first kappa shape index (κ1) is 15.3. The number of aliphatic hydroxyl groups is 1. The van der Waals surface area contributed by atoms with Crippen LogP contribution in [0, 0.1) is 0 Å². The molecule has 2 rings (SSSR count). The third-order valence-corrected chi connectivity index (χ3v) is 3.39. The highest BCUT2D eigenvalue weighted by Gasteiger charge is 2.45. The van der Waals surface area contributed by atoms with Crippen molar-refractivity contribution in [2.45, 2.75) is 38.4 Å². The third kappa shape index (κ3) is 3.93. The maximum absolute atomic E-state index is 11.8. The van der Waals surface area contributed by atoms with Crippen LogP contribution in [-0.4, -0.2) is 45.4 Å². The average Bonchev–Trinajstić information content (AvgIpc) is 2.26. The normalized spacial score (nSPS) is 17.6. The van der Waals surface area contributed by atoms with E-state index in [1.165, 1.54) is 4.90 Å². The van der Waals surface area contributed by atoms with Crippen LogP contribution in [0.15, 0.2) is 22.8 Å². The molecule has 1 aromatic heterocycles. The zero-order valence-electron chi connectivity index (χ0n) is 11.9. The Hall–Kier alpha value is -1.14. The third-order valence-electron chi connectivity index (χ3n) is 2.92. The lowest BCUT2D eigenvalue weighted by atomic mass is 9.89. The van der Waals surface area contributed by atoms with Crippen LogP contribution >= 0.6 is 15.9 Å². The number of β-amino-alcohol motifs (C(OH)–C–C–N with tert-alkyl or cyclic N) is 1. The minimum atomic E-state index is -0.905. The van der Waals surface area contributed by atoms with E-state index >= 15 is 0 Å². The largest absolute Gasteiger partial charge is 0.444 e. The second-order valence-corrected chi connectivity index (χ2v) is 7.12. The highest BCUT2D eigenvalue weighted by molar-refractivity contribution is 9.10. The lowest BCUT2D eigenvalue weighted by Gasteiger charge is -2.46. The molecule has 0 spiro atoms. The number of likely N-dealkylation sites (tertiary alicyclic amines) is 1. The molecule has 0 aromatic carbocycles. The van der Waals surface area contributed by atoms with Gasteiger partial charge in [-0.25, -0.2) is 4.79 Å². The number of halogens is 1. The van der Waals surface area contributed by atoms with Crippen molar-refractivity contribution in [1.82, 2.24) is 9.88 Å². The standard InChI is InChI=1S/C14H19BrN2O3/c1-13(2,3)20-12(18)17-8-14(19,9-17)6-11-5-4-10(15)7-16-11/h4-5,7,19H,6,8-9H2,1-3H3. The molecule has 0 unspecified atom stereocenters.